The van der Waals surface area contributed by atoms with Crippen molar-refractivity contribution < 1.29 is 23.9 Å². The maximum absolute atomic E-state index is 12.1. The SMILES string of the molecule is COc1ccccc1C(=O)COC(=O)CNC(=O)c1ccc(Cl)c(Cl)c1. The molecule has 0 bridgehead atoms. The summed E-state index contributed by atoms with van der Waals surface area (Å²) in [6.07, 6.45) is 0. The van der Waals surface area contributed by atoms with Gasteiger partial charge in [-0.2, -0.15) is 0 Å². The maximum atomic E-state index is 12.1. The number of para-hydroxylation sites is 1. The molecule has 0 fully saturated rings. The average Bonchev–Trinajstić information content (AvgIpc) is 2.66. The van der Waals surface area contributed by atoms with Gasteiger partial charge in [-0.3, -0.25) is 14.4 Å². The van der Waals surface area contributed by atoms with E-state index in [0.29, 0.717) is 16.3 Å². The normalized spacial score (nSPS) is 10.1. The second-order valence-corrected chi connectivity index (χ2v) is 5.91. The lowest BCUT2D eigenvalue weighted by Gasteiger charge is -2.09. The topological polar surface area (TPSA) is 81.7 Å². The lowest BCUT2D eigenvalue weighted by Crippen LogP contribution is -2.31. The van der Waals surface area contributed by atoms with Gasteiger partial charge in [-0.15, -0.1) is 0 Å². The third-order valence-electron chi connectivity index (χ3n) is 3.35. The van der Waals surface area contributed by atoms with Crippen molar-refractivity contribution in [3.8, 4) is 5.75 Å². The first kappa shape index (κ1) is 19.8. The van der Waals surface area contributed by atoms with Gasteiger partial charge in [-0.1, -0.05) is 35.3 Å². The van der Waals surface area contributed by atoms with Crippen LogP contribution in [0.2, 0.25) is 10.0 Å². The second-order valence-electron chi connectivity index (χ2n) is 5.10. The Morgan fingerprint density at radius 3 is 2.46 bits per heavy atom. The molecule has 0 aliphatic rings. The minimum absolute atomic E-state index is 0.226. The molecule has 0 spiro atoms. The molecule has 0 aromatic heterocycles. The zero-order valence-corrected chi connectivity index (χ0v) is 15.3. The fourth-order valence-corrected chi connectivity index (χ4v) is 2.34. The lowest BCUT2D eigenvalue weighted by atomic mass is 10.1. The second kappa shape index (κ2) is 9.22. The van der Waals surface area contributed by atoms with Gasteiger partial charge in [0.2, 0.25) is 5.78 Å². The molecule has 0 unspecified atom stereocenters. The molecule has 136 valence electrons. The van der Waals surface area contributed by atoms with Crippen molar-refractivity contribution in [2.24, 2.45) is 0 Å². The largest absolute Gasteiger partial charge is 0.496 e. The summed E-state index contributed by atoms with van der Waals surface area (Å²) in [6.45, 7) is -0.847. The molecule has 1 N–H and O–H groups in total. The summed E-state index contributed by atoms with van der Waals surface area (Å²) >= 11 is 11.6. The Morgan fingerprint density at radius 1 is 1.04 bits per heavy atom. The number of hydrogen-bond donors (Lipinski definition) is 1. The molecule has 0 aliphatic carbocycles. The molecule has 0 heterocycles. The van der Waals surface area contributed by atoms with Crippen molar-refractivity contribution in [3.05, 3.63) is 63.6 Å². The van der Waals surface area contributed by atoms with Crippen LogP contribution in [-0.2, 0) is 9.53 Å². The van der Waals surface area contributed by atoms with Gasteiger partial charge in [0.25, 0.3) is 5.91 Å². The quantitative estimate of drug-likeness (QED) is 0.575. The van der Waals surface area contributed by atoms with Crippen molar-refractivity contribution >= 4 is 40.9 Å². The van der Waals surface area contributed by atoms with Gasteiger partial charge in [0.1, 0.15) is 12.3 Å². The highest BCUT2D eigenvalue weighted by Gasteiger charge is 2.15. The van der Waals surface area contributed by atoms with Crippen molar-refractivity contribution in [1.82, 2.24) is 5.32 Å². The van der Waals surface area contributed by atoms with E-state index in [1.165, 1.54) is 25.3 Å². The zero-order valence-electron chi connectivity index (χ0n) is 13.8. The third-order valence-corrected chi connectivity index (χ3v) is 4.09. The van der Waals surface area contributed by atoms with Crippen LogP contribution in [0.5, 0.6) is 5.75 Å². The molecule has 0 atom stereocenters. The van der Waals surface area contributed by atoms with Crippen molar-refractivity contribution in [2.75, 3.05) is 20.3 Å². The van der Waals surface area contributed by atoms with Crippen LogP contribution in [0.1, 0.15) is 20.7 Å². The number of amides is 1. The molecule has 0 aliphatic heterocycles. The number of esters is 1. The van der Waals surface area contributed by atoms with Gasteiger partial charge < -0.3 is 14.8 Å². The van der Waals surface area contributed by atoms with E-state index in [2.05, 4.69) is 5.32 Å². The molecule has 0 saturated heterocycles. The first-order valence-electron chi connectivity index (χ1n) is 7.47. The van der Waals surface area contributed by atoms with Gasteiger partial charge in [0.15, 0.2) is 6.61 Å². The van der Waals surface area contributed by atoms with Crippen LogP contribution < -0.4 is 10.1 Å². The van der Waals surface area contributed by atoms with E-state index in [0.717, 1.165) is 0 Å². The van der Waals surface area contributed by atoms with E-state index in [-0.39, 0.29) is 10.6 Å². The van der Waals surface area contributed by atoms with E-state index < -0.39 is 30.8 Å². The Hall–Kier alpha value is -2.57. The molecule has 8 heteroatoms. The summed E-state index contributed by atoms with van der Waals surface area (Å²) < 4.78 is 9.96. The number of rotatable bonds is 7. The van der Waals surface area contributed by atoms with Crippen molar-refractivity contribution in [1.29, 1.82) is 0 Å². The summed E-state index contributed by atoms with van der Waals surface area (Å²) in [5.41, 5.74) is 0.556. The fourth-order valence-electron chi connectivity index (χ4n) is 2.04. The first-order chi connectivity index (χ1) is 12.4. The molecular weight excluding hydrogens is 381 g/mol. The Kier molecular flexibility index (Phi) is 7.00. The molecule has 2 aromatic carbocycles. The van der Waals surface area contributed by atoms with Crippen LogP contribution in [-0.4, -0.2) is 37.9 Å². The van der Waals surface area contributed by atoms with Crippen molar-refractivity contribution in [2.45, 2.75) is 0 Å². The summed E-state index contributed by atoms with van der Waals surface area (Å²) in [7, 11) is 1.44. The molecule has 2 aromatic rings. The number of ketones is 1. The Balaban J connectivity index is 1.84. The highest BCUT2D eigenvalue weighted by Crippen LogP contribution is 2.22. The third kappa shape index (κ3) is 5.21. The Morgan fingerprint density at radius 2 is 1.77 bits per heavy atom. The highest BCUT2D eigenvalue weighted by molar-refractivity contribution is 6.42. The number of nitrogens with one attached hydrogen (secondary N) is 1. The van der Waals surface area contributed by atoms with Crippen LogP contribution in [0.4, 0.5) is 0 Å². The average molecular weight is 396 g/mol. The molecular formula is C18H15Cl2NO5. The van der Waals surface area contributed by atoms with Crippen LogP contribution in [0.15, 0.2) is 42.5 Å². The minimum atomic E-state index is -0.748. The standard InChI is InChI=1S/C18H15Cl2NO5/c1-25-16-5-3-2-4-12(16)15(22)10-26-17(23)9-21-18(24)11-6-7-13(19)14(20)8-11/h2-8H,9-10H2,1H3,(H,21,24). The first-order valence-corrected chi connectivity index (χ1v) is 8.23. The lowest BCUT2D eigenvalue weighted by molar-refractivity contribution is -0.141. The van der Waals surface area contributed by atoms with Gasteiger partial charge in [0.05, 0.1) is 22.7 Å². The van der Waals surface area contributed by atoms with Gasteiger partial charge in [-0.05, 0) is 30.3 Å². The fraction of sp³-hybridized carbons (Fsp3) is 0.167. The minimum Gasteiger partial charge on any atom is -0.496 e. The number of halogens is 2. The van der Waals surface area contributed by atoms with Crippen LogP contribution >= 0.6 is 23.2 Å². The smallest absolute Gasteiger partial charge is 0.325 e. The molecule has 26 heavy (non-hydrogen) atoms. The summed E-state index contributed by atoms with van der Waals surface area (Å²) in [4.78, 5) is 35.8. The summed E-state index contributed by atoms with van der Waals surface area (Å²) in [5.74, 6) is -1.29. The highest BCUT2D eigenvalue weighted by atomic mass is 35.5. The molecule has 0 radical (unpaired) electrons. The van der Waals surface area contributed by atoms with E-state index >= 15 is 0 Å². The number of carbonyl (C=O) groups excluding carboxylic acids is 3. The molecule has 6 nitrogen and oxygen atoms in total. The monoisotopic (exact) mass is 395 g/mol. The molecule has 2 rings (SSSR count). The predicted molar refractivity (Wildman–Crippen MR) is 97.1 cm³/mol. The molecule has 0 saturated carbocycles. The van der Waals surface area contributed by atoms with Crippen LogP contribution in [0, 0.1) is 0 Å². The van der Waals surface area contributed by atoms with E-state index in [4.69, 9.17) is 32.7 Å². The maximum Gasteiger partial charge on any atom is 0.325 e. The zero-order chi connectivity index (χ0) is 19.1. The van der Waals surface area contributed by atoms with Gasteiger partial charge in [0, 0.05) is 5.56 Å². The van der Waals surface area contributed by atoms with Crippen molar-refractivity contribution in [3.63, 3.8) is 0 Å². The van der Waals surface area contributed by atoms with E-state index in [1.807, 2.05) is 0 Å². The van der Waals surface area contributed by atoms with Crippen LogP contribution in [0.3, 0.4) is 0 Å². The van der Waals surface area contributed by atoms with E-state index in [1.54, 1.807) is 24.3 Å². The van der Waals surface area contributed by atoms with Gasteiger partial charge in [-0.25, -0.2) is 0 Å². The Labute approximate surface area is 160 Å². The summed E-state index contributed by atoms with van der Waals surface area (Å²) in [5, 5.41) is 2.92. The summed E-state index contributed by atoms with van der Waals surface area (Å²) in [6, 6.07) is 10.9. The Bertz CT molecular complexity index is 838. The number of Topliss-reactive ketones (excluding diaryl/α,β-unsaturated/α-hetero) is 1. The number of carbonyl (C=O) groups is 3. The predicted octanol–water partition coefficient (Wildman–Crippen LogP) is 3.16. The van der Waals surface area contributed by atoms with E-state index in [9.17, 15) is 14.4 Å². The number of methoxy groups -OCH3 is 1. The molecule has 1 amide bonds. The van der Waals surface area contributed by atoms with Gasteiger partial charge >= 0.3 is 5.97 Å². The number of hydrogen-bond acceptors (Lipinski definition) is 5. The number of ether oxygens (including phenoxy) is 2. The number of benzene rings is 2. The van der Waals surface area contributed by atoms with Crippen LogP contribution in [0.25, 0.3) is 0 Å².